The van der Waals surface area contributed by atoms with Crippen molar-refractivity contribution in [2.45, 2.75) is 20.3 Å². The molecule has 8 heteroatoms. The number of rotatable bonds is 8. The average Bonchev–Trinajstić information content (AvgIpc) is 3.14. The maximum atomic E-state index is 13.5. The summed E-state index contributed by atoms with van der Waals surface area (Å²) in [6.07, 6.45) is 0.847. The molecule has 1 aromatic heterocycles. The van der Waals surface area contributed by atoms with Gasteiger partial charge in [-0.2, -0.15) is 0 Å². The topological polar surface area (TPSA) is 54.9 Å². The predicted molar refractivity (Wildman–Crippen MR) is 131 cm³/mol. The molecule has 31 heavy (non-hydrogen) atoms. The molecule has 0 saturated carbocycles. The van der Waals surface area contributed by atoms with Crippen LogP contribution in [0.15, 0.2) is 30.3 Å². The van der Waals surface area contributed by atoms with E-state index >= 15 is 0 Å². The number of ether oxygens (including phenoxy) is 2. The van der Waals surface area contributed by atoms with Crippen LogP contribution in [-0.4, -0.2) is 57.2 Å². The van der Waals surface area contributed by atoms with Crippen LogP contribution in [0, 0.1) is 13.8 Å². The molecule has 0 aliphatic carbocycles. The van der Waals surface area contributed by atoms with Crippen molar-refractivity contribution >= 4 is 45.0 Å². The fourth-order valence-electron chi connectivity index (χ4n) is 3.43. The van der Waals surface area contributed by atoms with Gasteiger partial charge in [0.1, 0.15) is 0 Å². The second-order valence-corrected chi connectivity index (χ2v) is 8.62. The van der Waals surface area contributed by atoms with E-state index in [1.165, 1.54) is 5.56 Å². The van der Waals surface area contributed by atoms with Crippen molar-refractivity contribution in [2.75, 3.05) is 46.3 Å². The van der Waals surface area contributed by atoms with Crippen molar-refractivity contribution in [3.8, 4) is 11.5 Å². The number of aryl methyl sites for hydroxylation is 2. The number of methoxy groups -OCH3 is 2. The first-order valence-electron chi connectivity index (χ1n) is 9.90. The summed E-state index contributed by atoms with van der Waals surface area (Å²) < 4.78 is 11.8. The first-order chi connectivity index (χ1) is 14.3. The summed E-state index contributed by atoms with van der Waals surface area (Å²) in [6.45, 7) is 5.61. The Morgan fingerprint density at radius 1 is 1.03 bits per heavy atom. The quantitative estimate of drug-likeness (QED) is 0.473. The molecule has 0 bridgehead atoms. The Kier molecular flexibility index (Phi) is 8.68. The van der Waals surface area contributed by atoms with Crippen molar-refractivity contribution in [1.82, 2.24) is 9.88 Å². The minimum atomic E-state index is -0.0943. The zero-order chi connectivity index (χ0) is 21.8. The molecule has 0 N–H and O–H groups in total. The molecule has 0 saturated heterocycles. The normalized spacial score (nSPS) is 10.8. The molecule has 3 rings (SSSR count). The van der Waals surface area contributed by atoms with Crippen LogP contribution in [0.2, 0.25) is 0 Å². The highest BCUT2D eigenvalue weighted by Crippen LogP contribution is 2.34. The number of hydrogen-bond acceptors (Lipinski definition) is 6. The molecule has 2 aromatic carbocycles. The summed E-state index contributed by atoms with van der Waals surface area (Å²) in [5.41, 5.74) is 3.82. The van der Waals surface area contributed by atoms with Gasteiger partial charge >= 0.3 is 0 Å². The lowest BCUT2D eigenvalue weighted by molar-refractivity contribution is 0.0985. The molecule has 0 radical (unpaired) electrons. The van der Waals surface area contributed by atoms with E-state index in [2.05, 4.69) is 30.9 Å². The van der Waals surface area contributed by atoms with Gasteiger partial charge in [0, 0.05) is 12.1 Å². The van der Waals surface area contributed by atoms with Gasteiger partial charge in [-0.1, -0.05) is 17.4 Å². The zero-order valence-electron chi connectivity index (χ0n) is 18.9. The molecule has 1 amide bonds. The van der Waals surface area contributed by atoms with Crippen LogP contribution < -0.4 is 14.4 Å². The monoisotopic (exact) mass is 463 g/mol. The van der Waals surface area contributed by atoms with Crippen LogP contribution in [0.3, 0.4) is 0 Å². The Morgan fingerprint density at radius 3 is 2.39 bits per heavy atom. The highest BCUT2D eigenvalue weighted by molar-refractivity contribution is 7.22. The molecule has 0 unspecified atom stereocenters. The van der Waals surface area contributed by atoms with Crippen molar-refractivity contribution < 1.29 is 14.3 Å². The number of carbonyl (C=O) groups excluding carboxylic acids is 1. The van der Waals surface area contributed by atoms with Crippen LogP contribution in [0.4, 0.5) is 5.13 Å². The largest absolute Gasteiger partial charge is 0.493 e. The van der Waals surface area contributed by atoms with Gasteiger partial charge < -0.3 is 14.4 Å². The van der Waals surface area contributed by atoms with Crippen LogP contribution in [0.1, 0.15) is 27.9 Å². The van der Waals surface area contributed by atoms with E-state index in [-0.39, 0.29) is 18.3 Å². The Labute approximate surface area is 194 Å². The number of nitrogens with zero attached hydrogens (tertiary/aromatic N) is 3. The number of halogens is 1. The fraction of sp³-hybridized carbons (Fsp3) is 0.391. The van der Waals surface area contributed by atoms with Gasteiger partial charge in [-0.3, -0.25) is 9.69 Å². The van der Waals surface area contributed by atoms with Crippen molar-refractivity contribution in [3.63, 3.8) is 0 Å². The number of carbonyl (C=O) groups is 1. The first kappa shape index (κ1) is 24.9. The van der Waals surface area contributed by atoms with E-state index < -0.39 is 0 Å². The van der Waals surface area contributed by atoms with Crippen molar-refractivity contribution in [2.24, 2.45) is 0 Å². The highest BCUT2D eigenvalue weighted by Gasteiger charge is 2.23. The third kappa shape index (κ3) is 5.67. The molecule has 0 aliphatic rings. The van der Waals surface area contributed by atoms with Crippen molar-refractivity contribution in [1.29, 1.82) is 0 Å². The Bertz CT molecular complexity index is 1050. The van der Waals surface area contributed by atoms with Gasteiger partial charge in [0.25, 0.3) is 5.91 Å². The molecule has 6 nitrogen and oxygen atoms in total. The van der Waals surface area contributed by atoms with Crippen LogP contribution in [0.25, 0.3) is 10.2 Å². The van der Waals surface area contributed by atoms with Crippen molar-refractivity contribution in [3.05, 3.63) is 47.0 Å². The molecule has 168 valence electrons. The molecule has 0 atom stereocenters. The maximum absolute atomic E-state index is 13.5. The minimum Gasteiger partial charge on any atom is -0.493 e. The van der Waals surface area contributed by atoms with Gasteiger partial charge in [-0.25, -0.2) is 4.98 Å². The number of fused-ring (bicyclic) bond motifs is 1. The van der Waals surface area contributed by atoms with Gasteiger partial charge in [0.2, 0.25) is 0 Å². The molecular formula is C23H30ClN3O3S. The van der Waals surface area contributed by atoms with Gasteiger partial charge in [0.05, 0.1) is 24.4 Å². The standard InChI is InChI=1S/C23H29N3O3S.ClH/c1-15-12-16(2)21-20(13-15)30-23(24-21)26(11-7-10-25(3)4)22(27)17-8-9-18(28-5)19(14-17)29-6;/h8-9,12-14H,7,10-11H2,1-6H3;1H. The SMILES string of the molecule is COc1ccc(C(=O)N(CCCN(C)C)c2nc3c(C)cc(C)cc3s2)cc1OC.Cl. The Morgan fingerprint density at radius 2 is 1.74 bits per heavy atom. The third-order valence-corrected chi connectivity index (χ3v) is 5.94. The number of amides is 1. The summed E-state index contributed by atoms with van der Waals surface area (Å²) in [7, 11) is 7.21. The second kappa shape index (κ2) is 10.8. The molecule has 3 aromatic rings. The Balaban J connectivity index is 0.00000341. The van der Waals surface area contributed by atoms with E-state index in [0.717, 1.165) is 33.9 Å². The van der Waals surface area contributed by atoms with Crippen LogP contribution in [0.5, 0.6) is 11.5 Å². The molecule has 0 aliphatic heterocycles. The summed E-state index contributed by atoms with van der Waals surface area (Å²) in [5, 5.41) is 0.720. The number of aromatic nitrogens is 1. The summed E-state index contributed by atoms with van der Waals surface area (Å²) in [4.78, 5) is 22.2. The van der Waals surface area contributed by atoms with E-state index in [0.29, 0.717) is 23.6 Å². The average molecular weight is 464 g/mol. The number of hydrogen-bond donors (Lipinski definition) is 0. The van der Waals surface area contributed by atoms with Crippen LogP contribution in [-0.2, 0) is 0 Å². The van der Waals surface area contributed by atoms with E-state index in [1.54, 1.807) is 48.7 Å². The predicted octanol–water partition coefficient (Wildman–Crippen LogP) is 4.95. The summed E-state index contributed by atoms with van der Waals surface area (Å²) >= 11 is 1.56. The lowest BCUT2D eigenvalue weighted by atomic mass is 10.1. The second-order valence-electron chi connectivity index (χ2n) is 7.61. The van der Waals surface area contributed by atoms with E-state index in [4.69, 9.17) is 14.5 Å². The molecule has 1 heterocycles. The van der Waals surface area contributed by atoms with E-state index in [9.17, 15) is 4.79 Å². The summed E-state index contributed by atoms with van der Waals surface area (Å²) in [5.74, 6) is 1.04. The lowest BCUT2D eigenvalue weighted by Gasteiger charge is -2.21. The van der Waals surface area contributed by atoms with Crippen LogP contribution >= 0.6 is 23.7 Å². The van der Waals surface area contributed by atoms with E-state index in [1.807, 2.05) is 14.1 Å². The number of benzene rings is 2. The number of anilines is 1. The highest BCUT2D eigenvalue weighted by atomic mass is 35.5. The van der Waals surface area contributed by atoms with Gasteiger partial charge in [-0.05, 0) is 76.3 Å². The first-order valence-corrected chi connectivity index (χ1v) is 10.7. The smallest absolute Gasteiger partial charge is 0.260 e. The van der Waals surface area contributed by atoms with Gasteiger partial charge in [0.15, 0.2) is 16.6 Å². The molecule has 0 fully saturated rings. The minimum absolute atomic E-state index is 0. The third-order valence-electron chi connectivity index (χ3n) is 4.91. The van der Waals surface area contributed by atoms with Gasteiger partial charge in [-0.15, -0.1) is 12.4 Å². The maximum Gasteiger partial charge on any atom is 0.260 e. The summed E-state index contributed by atoms with van der Waals surface area (Å²) in [6, 6.07) is 9.50. The molecule has 0 spiro atoms. The number of thiazole rings is 1. The molecular weight excluding hydrogens is 434 g/mol. The Hall–Kier alpha value is -2.35. The fourth-order valence-corrected chi connectivity index (χ4v) is 4.59. The zero-order valence-corrected chi connectivity index (χ0v) is 20.5. The lowest BCUT2D eigenvalue weighted by Crippen LogP contribution is -2.33.